The van der Waals surface area contributed by atoms with Crippen LogP contribution in [0.25, 0.3) is 10.4 Å². The molecular weight excluding hydrogens is 134 g/mol. The monoisotopic (exact) mass is 141 g/mol. The zero-order chi connectivity index (χ0) is 7.56. The quantitative estimate of drug-likeness (QED) is 0.361. The highest BCUT2D eigenvalue weighted by molar-refractivity contribution is 5.73. The summed E-state index contributed by atoms with van der Waals surface area (Å²) >= 11 is 0. The molecule has 1 N–H and O–H groups in total. The van der Waals surface area contributed by atoms with Crippen LogP contribution in [0.4, 0.5) is 0 Å². The zero-order valence-electron chi connectivity index (χ0n) is 5.27. The summed E-state index contributed by atoms with van der Waals surface area (Å²) in [4.78, 5) is 12.7. The molecule has 0 aromatic rings. The summed E-state index contributed by atoms with van der Waals surface area (Å²) < 4.78 is 0. The molecule has 10 heavy (non-hydrogen) atoms. The minimum Gasteiger partial charge on any atom is -0.481 e. The summed E-state index contributed by atoms with van der Waals surface area (Å²) in [6.07, 6.45) is 0.661. The standard InChI is InChI=1S/C5H7N3O2/c6-8-7-2-3-1-4(3)5(9)10/h3-4H,1-2H2,(H,9,10). The van der Waals surface area contributed by atoms with Crippen LogP contribution in [0.5, 0.6) is 0 Å². The van der Waals surface area contributed by atoms with Gasteiger partial charge in [-0.25, -0.2) is 0 Å². The molecule has 2 atom stereocenters. The number of azide groups is 1. The van der Waals surface area contributed by atoms with E-state index < -0.39 is 5.97 Å². The second kappa shape index (κ2) is 2.58. The largest absolute Gasteiger partial charge is 0.481 e. The van der Waals surface area contributed by atoms with Gasteiger partial charge in [0.2, 0.25) is 0 Å². The number of carboxylic acids is 1. The molecule has 0 radical (unpaired) electrons. The van der Waals surface area contributed by atoms with Crippen molar-refractivity contribution in [3.63, 3.8) is 0 Å². The van der Waals surface area contributed by atoms with Crippen molar-refractivity contribution in [3.05, 3.63) is 10.4 Å². The van der Waals surface area contributed by atoms with Crippen molar-refractivity contribution in [2.24, 2.45) is 17.0 Å². The second-order valence-electron chi connectivity index (χ2n) is 2.35. The van der Waals surface area contributed by atoms with Crippen molar-refractivity contribution >= 4 is 5.97 Å². The van der Waals surface area contributed by atoms with Crippen molar-refractivity contribution in [2.45, 2.75) is 6.42 Å². The highest BCUT2D eigenvalue weighted by atomic mass is 16.4. The first-order valence-electron chi connectivity index (χ1n) is 2.99. The molecule has 0 saturated heterocycles. The first-order chi connectivity index (χ1) is 4.75. The molecule has 1 fully saturated rings. The predicted molar refractivity (Wildman–Crippen MR) is 33.2 cm³/mol. The van der Waals surface area contributed by atoms with Crippen LogP contribution < -0.4 is 0 Å². The van der Waals surface area contributed by atoms with Gasteiger partial charge in [-0.05, 0) is 17.9 Å². The fourth-order valence-electron chi connectivity index (χ4n) is 0.893. The smallest absolute Gasteiger partial charge is 0.306 e. The molecule has 0 aromatic carbocycles. The van der Waals surface area contributed by atoms with E-state index in [0.717, 1.165) is 0 Å². The number of hydrogen-bond donors (Lipinski definition) is 1. The molecule has 2 unspecified atom stereocenters. The molecule has 0 amide bonds. The normalized spacial score (nSPS) is 28.8. The fraction of sp³-hybridized carbons (Fsp3) is 0.800. The van der Waals surface area contributed by atoms with E-state index in [-0.39, 0.29) is 11.8 Å². The molecule has 0 spiro atoms. The predicted octanol–water partition coefficient (Wildman–Crippen LogP) is 1.02. The average Bonchev–Trinajstić information content (AvgIpc) is 2.62. The Bertz CT molecular complexity index is 197. The lowest BCUT2D eigenvalue weighted by Crippen LogP contribution is -2.00. The van der Waals surface area contributed by atoms with E-state index in [1.165, 1.54) is 0 Å². The van der Waals surface area contributed by atoms with Crippen LogP contribution in [0.1, 0.15) is 6.42 Å². The molecule has 0 bridgehead atoms. The lowest BCUT2D eigenvalue weighted by atomic mass is 10.3. The zero-order valence-corrected chi connectivity index (χ0v) is 5.27. The van der Waals surface area contributed by atoms with Gasteiger partial charge >= 0.3 is 5.97 Å². The van der Waals surface area contributed by atoms with E-state index in [9.17, 15) is 4.79 Å². The van der Waals surface area contributed by atoms with Crippen LogP contribution in [-0.4, -0.2) is 17.6 Å². The third kappa shape index (κ3) is 1.39. The van der Waals surface area contributed by atoms with E-state index in [1.54, 1.807) is 0 Å². The number of aliphatic carboxylic acids is 1. The van der Waals surface area contributed by atoms with Crippen molar-refractivity contribution in [1.82, 2.24) is 0 Å². The molecular formula is C5H7N3O2. The Kier molecular flexibility index (Phi) is 1.78. The highest BCUT2D eigenvalue weighted by Crippen LogP contribution is 2.38. The molecule has 0 heterocycles. The first kappa shape index (κ1) is 6.89. The molecule has 1 saturated carbocycles. The molecule has 1 rings (SSSR count). The van der Waals surface area contributed by atoms with Gasteiger partial charge in [0.25, 0.3) is 0 Å². The molecule has 0 aromatic heterocycles. The van der Waals surface area contributed by atoms with Crippen LogP contribution in [-0.2, 0) is 4.79 Å². The van der Waals surface area contributed by atoms with E-state index in [0.29, 0.717) is 13.0 Å². The minimum atomic E-state index is -0.780. The Labute approximate surface area is 57.3 Å². The second-order valence-corrected chi connectivity index (χ2v) is 2.35. The Balaban J connectivity index is 2.25. The lowest BCUT2D eigenvalue weighted by Gasteiger charge is -1.85. The van der Waals surface area contributed by atoms with E-state index in [1.807, 2.05) is 0 Å². The number of rotatable bonds is 3. The van der Waals surface area contributed by atoms with Gasteiger partial charge in [0, 0.05) is 11.5 Å². The number of carbonyl (C=O) groups is 1. The van der Waals surface area contributed by atoms with Crippen molar-refractivity contribution in [2.75, 3.05) is 6.54 Å². The highest BCUT2D eigenvalue weighted by Gasteiger charge is 2.42. The molecule has 0 aliphatic heterocycles. The van der Waals surface area contributed by atoms with Gasteiger partial charge in [0.1, 0.15) is 0 Å². The minimum absolute atomic E-state index is 0.0911. The maximum Gasteiger partial charge on any atom is 0.306 e. The Morgan fingerprint density at radius 3 is 3.00 bits per heavy atom. The van der Waals surface area contributed by atoms with Gasteiger partial charge in [-0.1, -0.05) is 5.11 Å². The van der Waals surface area contributed by atoms with Crippen LogP contribution in [0.15, 0.2) is 5.11 Å². The van der Waals surface area contributed by atoms with Crippen LogP contribution in [0.2, 0.25) is 0 Å². The van der Waals surface area contributed by atoms with E-state index in [4.69, 9.17) is 10.6 Å². The number of nitrogens with zero attached hydrogens (tertiary/aromatic N) is 3. The van der Waals surface area contributed by atoms with Gasteiger partial charge in [0.15, 0.2) is 0 Å². The summed E-state index contributed by atoms with van der Waals surface area (Å²) in [5, 5.41) is 11.7. The Morgan fingerprint density at radius 1 is 1.90 bits per heavy atom. The average molecular weight is 141 g/mol. The lowest BCUT2D eigenvalue weighted by molar-refractivity contribution is -0.138. The summed E-state index contributed by atoms with van der Waals surface area (Å²) in [6, 6.07) is 0. The number of carboxylic acid groups (broad SMARTS) is 1. The molecule has 1 aliphatic carbocycles. The van der Waals surface area contributed by atoms with Gasteiger partial charge in [-0.15, -0.1) is 0 Å². The van der Waals surface area contributed by atoms with Crippen LogP contribution in [0, 0.1) is 11.8 Å². The maximum absolute atomic E-state index is 10.2. The Hall–Kier alpha value is -1.22. The van der Waals surface area contributed by atoms with Crippen molar-refractivity contribution < 1.29 is 9.90 Å². The van der Waals surface area contributed by atoms with Gasteiger partial charge in [0.05, 0.1) is 5.92 Å². The van der Waals surface area contributed by atoms with Crippen molar-refractivity contribution in [3.8, 4) is 0 Å². The van der Waals surface area contributed by atoms with Crippen LogP contribution in [0.3, 0.4) is 0 Å². The topological polar surface area (TPSA) is 86.1 Å². The molecule has 5 nitrogen and oxygen atoms in total. The third-order valence-electron chi connectivity index (χ3n) is 1.62. The van der Waals surface area contributed by atoms with Gasteiger partial charge in [-0.3, -0.25) is 4.79 Å². The third-order valence-corrected chi connectivity index (χ3v) is 1.62. The van der Waals surface area contributed by atoms with Gasteiger partial charge in [-0.2, -0.15) is 0 Å². The SMILES string of the molecule is [N-]=[N+]=NCC1CC1C(=O)O. The summed E-state index contributed by atoms with van der Waals surface area (Å²) in [6.45, 7) is 0.327. The van der Waals surface area contributed by atoms with Crippen molar-refractivity contribution in [1.29, 1.82) is 0 Å². The Morgan fingerprint density at radius 2 is 2.60 bits per heavy atom. The molecule has 54 valence electrons. The maximum atomic E-state index is 10.2. The van der Waals surface area contributed by atoms with E-state index in [2.05, 4.69) is 10.0 Å². The molecule has 5 heteroatoms. The first-order valence-corrected chi connectivity index (χ1v) is 2.99. The fourth-order valence-corrected chi connectivity index (χ4v) is 0.893. The number of hydrogen-bond acceptors (Lipinski definition) is 2. The van der Waals surface area contributed by atoms with E-state index >= 15 is 0 Å². The van der Waals surface area contributed by atoms with Crippen LogP contribution >= 0.6 is 0 Å². The van der Waals surface area contributed by atoms with Gasteiger partial charge < -0.3 is 5.11 Å². The summed E-state index contributed by atoms with van der Waals surface area (Å²) in [5.41, 5.74) is 7.88. The molecule has 1 aliphatic rings. The summed E-state index contributed by atoms with van der Waals surface area (Å²) in [5.74, 6) is -0.947. The summed E-state index contributed by atoms with van der Waals surface area (Å²) in [7, 11) is 0.